The van der Waals surface area contributed by atoms with Crippen LogP contribution in [0.4, 0.5) is 0 Å². The minimum absolute atomic E-state index is 0.00719. The first-order valence-corrected chi connectivity index (χ1v) is 15.8. The third kappa shape index (κ3) is 6.82. The lowest BCUT2D eigenvalue weighted by molar-refractivity contribution is -0.138. The van der Waals surface area contributed by atoms with Gasteiger partial charge in [0.1, 0.15) is 0 Å². The number of carboxylic acids is 2. The van der Waals surface area contributed by atoms with Gasteiger partial charge in [0.05, 0.1) is 0 Å². The number of aromatic nitrogens is 1. The highest BCUT2D eigenvalue weighted by Crippen LogP contribution is 2.37. The maximum absolute atomic E-state index is 12.5. The summed E-state index contributed by atoms with van der Waals surface area (Å²) in [5.74, 6) is -2.22. The summed E-state index contributed by atoms with van der Waals surface area (Å²) in [4.78, 5) is 51.6. The first-order chi connectivity index (χ1) is 20.7. The van der Waals surface area contributed by atoms with Crippen molar-refractivity contribution in [3.63, 3.8) is 0 Å². The number of carboxylic acid groups (broad SMARTS) is 2. The zero-order valence-corrected chi connectivity index (χ0v) is 27.2. The van der Waals surface area contributed by atoms with Crippen molar-refractivity contribution in [3.8, 4) is 0 Å². The molecule has 1 saturated heterocycles. The third-order valence-electron chi connectivity index (χ3n) is 9.44. The fourth-order valence-electron chi connectivity index (χ4n) is 6.87. The molecule has 11 heteroatoms. The van der Waals surface area contributed by atoms with Crippen LogP contribution in [0.15, 0.2) is 39.9 Å². The highest BCUT2D eigenvalue weighted by molar-refractivity contribution is 7.80. The Hall–Kier alpha value is -3.73. The summed E-state index contributed by atoms with van der Waals surface area (Å²) in [5.41, 5.74) is 8.40. The van der Waals surface area contributed by atoms with Gasteiger partial charge in [-0.2, -0.15) is 12.6 Å². The van der Waals surface area contributed by atoms with Crippen molar-refractivity contribution in [3.05, 3.63) is 62.4 Å². The van der Waals surface area contributed by atoms with Gasteiger partial charge in [-0.3, -0.25) is 19.2 Å². The van der Waals surface area contributed by atoms with Crippen LogP contribution in [0.1, 0.15) is 82.8 Å². The van der Waals surface area contributed by atoms with E-state index in [1.54, 1.807) is 0 Å². The molecule has 10 nitrogen and oxygen atoms in total. The van der Waals surface area contributed by atoms with Crippen molar-refractivity contribution < 1.29 is 29.4 Å². The number of aliphatic carboxylic acids is 2. The van der Waals surface area contributed by atoms with E-state index in [9.17, 15) is 29.4 Å². The molecule has 0 radical (unpaired) electrons. The smallest absolute Gasteiger partial charge is 0.303 e. The lowest BCUT2D eigenvalue weighted by Gasteiger charge is -2.24. The Morgan fingerprint density at radius 3 is 2.32 bits per heavy atom. The number of hydrogen-bond donors (Lipinski definition) is 7. The van der Waals surface area contributed by atoms with Crippen molar-refractivity contribution in [1.29, 1.82) is 0 Å². The van der Waals surface area contributed by atoms with Crippen LogP contribution in [0.3, 0.4) is 0 Å². The van der Waals surface area contributed by atoms with Crippen molar-refractivity contribution in [2.75, 3.05) is 0 Å². The normalized spacial score (nSPS) is 26.1. The number of allylic oxidation sites excluding steroid dienone is 3. The molecule has 44 heavy (non-hydrogen) atoms. The van der Waals surface area contributed by atoms with Gasteiger partial charge in [-0.25, -0.2) is 0 Å². The number of nitrogens with one attached hydrogen (secondary N) is 4. The summed E-state index contributed by atoms with van der Waals surface area (Å²) < 4.78 is 0. The fourth-order valence-corrected chi connectivity index (χ4v) is 7.34. The van der Waals surface area contributed by atoms with Gasteiger partial charge < -0.3 is 31.1 Å². The summed E-state index contributed by atoms with van der Waals surface area (Å²) in [5, 5.41) is 28.5. The molecule has 2 unspecified atom stereocenters. The second-order valence-electron chi connectivity index (χ2n) is 12.2. The summed E-state index contributed by atoms with van der Waals surface area (Å²) >= 11 is 4.66. The third-order valence-corrected chi connectivity index (χ3v) is 9.78. The van der Waals surface area contributed by atoms with Crippen LogP contribution in [0.25, 0.3) is 6.08 Å². The number of carbonyl (C=O) groups excluding carboxylic acids is 2. The molecule has 4 heterocycles. The number of aromatic amines is 1. The van der Waals surface area contributed by atoms with Gasteiger partial charge in [0.2, 0.25) is 5.91 Å². The van der Waals surface area contributed by atoms with Gasteiger partial charge >= 0.3 is 11.9 Å². The van der Waals surface area contributed by atoms with Gasteiger partial charge in [0.25, 0.3) is 5.91 Å². The average Bonchev–Trinajstić information content (AvgIpc) is 3.59. The van der Waals surface area contributed by atoms with E-state index in [0.717, 1.165) is 50.6 Å². The Labute approximate surface area is 263 Å². The Kier molecular flexibility index (Phi) is 10.2. The van der Waals surface area contributed by atoms with Crippen LogP contribution < -0.4 is 16.0 Å². The molecule has 0 spiro atoms. The van der Waals surface area contributed by atoms with Crippen LogP contribution in [-0.4, -0.2) is 50.2 Å². The van der Waals surface area contributed by atoms with Crippen molar-refractivity contribution >= 4 is 42.5 Å². The lowest BCUT2D eigenvalue weighted by atomic mass is 9.86. The monoisotopic (exact) mass is 624 g/mol. The van der Waals surface area contributed by atoms with Crippen LogP contribution in [-0.2, 0) is 32.0 Å². The van der Waals surface area contributed by atoms with E-state index >= 15 is 0 Å². The highest BCUT2D eigenvalue weighted by Gasteiger charge is 2.41. The molecule has 1 fully saturated rings. The van der Waals surface area contributed by atoms with E-state index in [2.05, 4.69) is 33.6 Å². The average molecular weight is 625 g/mol. The minimum atomic E-state index is -0.898. The van der Waals surface area contributed by atoms with Crippen LogP contribution in [0, 0.1) is 24.7 Å². The molecule has 4 rings (SSSR count). The zero-order valence-electron chi connectivity index (χ0n) is 26.3. The van der Waals surface area contributed by atoms with Crippen LogP contribution in [0.5, 0.6) is 0 Å². The molecule has 238 valence electrons. The number of H-pyrrole nitrogens is 1. The molecule has 0 saturated carbocycles. The Bertz CT molecular complexity index is 1500. The largest absolute Gasteiger partial charge is 0.481 e. The van der Waals surface area contributed by atoms with E-state index in [0.29, 0.717) is 31.4 Å². The molecule has 0 bridgehead atoms. The van der Waals surface area contributed by atoms with Gasteiger partial charge in [-0.15, -0.1) is 0 Å². The molecular weight excluding hydrogens is 580 g/mol. The standard InChI is InChI=1S/C33H44N4O6S/c1-7-20-15(2)25(36-33(20)43)12-23-16(3)21(8-10-29(38)39)26(34-23)14-27-22(9-11-30(40)41)17(4)24(35-27)13-28-31(19(6)44)18(5)32(42)37-28/h12,14,18-19,21,28,31,34-35,44H,7-11,13H2,1-6H3,(H,36,43)(H,37,42)(H,38,39)(H,40,41)/b25-12-,26-14-/t18-,19-,21?,28?,31+/m1/s1. The predicted octanol–water partition coefficient (Wildman–Crippen LogP) is 4.39. The van der Waals surface area contributed by atoms with E-state index in [1.165, 1.54) is 0 Å². The molecule has 1 aromatic rings. The van der Waals surface area contributed by atoms with Gasteiger partial charge in [0.15, 0.2) is 0 Å². The molecule has 1 aromatic heterocycles. The fraction of sp³-hybridized carbons (Fsp3) is 0.515. The van der Waals surface area contributed by atoms with E-state index in [-0.39, 0.29) is 53.7 Å². The van der Waals surface area contributed by atoms with E-state index in [4.69, 9.17) is 0 Å². The van der Waals surface area contributed by atoms with Crippen molar-refractivity contribution in [2.24, 2.45) is 17.8 Å². The number of hydrogen-bond acceptors (Lipinski definition) is 6. The SMILES string of the molecule is CCC1=C(C)/C(=C/C2=C(C)C(CCC(=O)O)/C(=C/c3[nH]c(CC4NC(=O)[C@H](C)[C@H]4[C@@H](C)S)c(C)c3CCC(=O)O)N2)NC1=O. The van der Waals surface area contributed by atoms with Crippen molar-refractivity contribution in [2.45, 2.75) is 91.4 Å². The number of rotatable bonds is 12. The second-order valence-corrected chi connectivity index (χ2v) is 13.0. The lowest BCUT2D eigenvalue weighted by Crippen LogP contribution is -2.34. The maximum Gasteiger partial charge on any atom is 0.303 e. The quantitative estimate of drug-likeness (QED) is 0.170. The first-order valence-electron chi connectivity index (χ1n) is 15.3. The molecule has 0 aliphatic carbocycles. The minimum Gasteiger partial charge on any atom is -0.481 e. The maximum atomic E-state index is 12.5. The van der Waals surface area contributed by atoms with Gasteiger partial charge in [-0.1, -0.05) is 20.8 Å². The Balaban J connectivity index is 1.73. The Morgan fingerprint density at radius 1 is 1.05 bits per heavy atom. The molecule has 3 aliphatic rings. The van der Waals surface area contributed by atoms with Crippen LogP contribution in [0.2, 0.25) is 0 Å². The molecule has 3 aliphatic heterocycles. The summed E-state index contributed by atoms with van der Waals surface area (Å²) in [6, 6.07) is -0.115. The number of amides is 2. The second kappa shape index (κ2) is 13.5. The summed E-state index contributed by atoms with van der Waals surface area (Å²) in [6.07, 6.45) is 5.65. The first kappa shape index (κ1) is 33.2. The predicted molar refractivity (Wildman–Crippen MR) is 172 cm³/mol. The molecule has 0 aromatic carbocycles. The molecule has 2 amide bonds. The van der Waals surface area contributed by atoms with E-state index in [1.807, 2.05) is 53.7 Å². The Morgan fingerprint density at radius 2 is 1.73 bits per heavy atom. The van der Waals surface area contributed by atoms with Gasteiger partial charge in [0, 0.05) is 82.4 Å². The van der Waals surface area contributed by atoms with E-state index < -0.39 is 11.9 Å². The number of carbonyl (C=O) groups is 4. The number of thiol groups is 1. The zero-order chi connectivity index (χ0) is 32.5. The van der Waals surface area contributed by atoms with Gasteiger partial charge in [-0.05, 0) is 74.5 Å². The molecular formula is C33H44N4O6S. The molecule has 6 N–H and O–H groups in total. The van der Waals surface area contributed by atoms with Crippen molar-refractivity contribution in [1.82, 2.24) is 20.9 Å². The topological polar surface area (TPSA) is 161 Å². The van der Waals surface area contributed by atoms with Crippen LogP contribution >= 0.6 is 12.6 Å². The highest BCUT2D eigenvalue weighted by atomic mass is 32.1. The summed E-state index contributed by atoms with van der Waals surface area (Å²) in [7, 11) is 0. The summed E-state index contributed by atoms with van der Waals surface area (Å²) in [6.45, 7) is 11.7. The molecule has 5 atom stereocenters.